The molecular weight excluding hydrogens is 1060 g/mol. The Labute approximate surface area is 476 Å². The van der Waals surface area contributed by atoms with Crippen LogP contribution in [0.25, 0.3) is 6.08 Å². The molecular formula is C60H90O21. The summed E-state index contributed by atoms with van der Waals surface area (Å²) in [5, 5.41) is 60.5. The van der Waals surface area contributed by atoms with Crippen LogP contribution in [-0.4, -0.2) is 206 Å². The van der Waals surface area contributed by atoms with Gasteiger partial charge in [-0.15, -0.1) is 0 Å². The molecule has 1 aromatic carbocycles. The molecule has 0 bridgehead atoms. The van der Waals surface area contributed by atoms with Gasteiger partial charge in [-0.1, -0.05) is 55.8 Å². The fraction of sp³-hybridized carbons (Fsp3) is 0.800. The van der Waals surface area contributed by atoms with Gasteiger partial charge in [-0.3, -0.25) is 4.79 Å². The second kappa shape index (κ2) is 24.7. The molecule has 21 nitrogen and oxygen atoms in total. The number of ether oxygens (including phenoxy) is 14. The zero-order valence-electron chi connectivity index (χ0n) is 49.1. The minimum Gasteiger partial charge on any atom is -0.460 e. The van der Waals surface area contributed by atoms with E-state index in [4.69, 9.17) is 66.3 Å². The largest absolute Gasteiger partial charge is 0.460 e. The summed E-state index contributed by atoms with van der Waals surface area (Å²) in [7, 11) is 6.24. The highest BCUT2D eigenvalue weighted by Gasteiger charge is 2.81. The summed E-state index contributed by atoms with van der Waals surface area (Å²) in [6.45, 7) is 13.9. The van der Waals surface area contributed by atoms with Gasteiger partial charge in [0.25, 0.3) is 0 Å². The lowest BCUT2D eigenvalue weighted by Crippen LogP contribution is -2.78. The summed E-state index contributed by atoms with van der Waals surface area (Å²) in [6, 6.07) is 9.31. The Morgan fingerprint density at radius 1 is 0.679 bits per heavy atom. The molecule has 0 spiro atoms. The number of hydrogen-bond donors (Lipinski definition) is 5. The van der Waals surface area contributed by atoms with E-state index >= 15 is 0 Å². The number of hydrogen-bond acceptors (Lipinski definition) is 21. The fourth-order valence-electron chi connectivity index (χ4n) is 15.5. The summed E-state index contributed by atoms with van der Waals surface area (Å²) in [5.74, 6) is -1.87. The number of benzene rings is 1. The molecule has 9 rings (SSSR count). The van der Waals surface area contributed by atoms with Crippen molar-refractivity contribution in [3.05, 3.63) is 53.6 Å². The average molecular weight is 1150 g/mol. The highest BCUT2D eigenvalue weighted by Crippen LogP contribution is 2.71. The third kappa shape index (κ3) is 11.5. The molecule has 5 N–H and O–H groups in total. The van der Waals surface area contributed by atoms with Gasteiger partial charge in [0.05, 0.1) is 54.2 Å². The molecule has 2 unspecified atom stereocenters. The molecule has 0 aromatic heterocycles. The van der Waals surface area contributed by atoms with Crippen LogP contribution in [0.3, 0.4) is 0 Å². The zero-order chi connectivity index (χ0) is 58.6. The van der Waals surface area contributed by atoms with Crippen LogP contribution in [0.2, 0.25) is 0 Å². The Morgan fingerprint density at radius 3 is 1.78 bits per heavy atom. The van der Waals surface area contributed by atoms with Gasteiger partial charge in [-0.25, -0.2) is 4.79 Å². The molecule has 4 heterocycles. The molecule has 4 aliphatic heterocycles. The molecule has 8 aliphatic rings. The summed E-state index contributed by atoms with van der Waals surface area (Å²) in [4.78, 5) is 26.1. The number of methoxy groups -OCH3 is 4. The van der Waals surface area contributed by atoms with Crippen molar-refractivity contribution in [1.29, 1.82) is 0 Å². The quantitative estimate of drug-likeness (QED) is 0.0813. The second-order valence-corrected chi connectivity index (χ2v) is 24.5. The molecule has 3 saturated carbocycles. The van der Waals surface area contributed by atoms with Crippen molar-refractivity contribution >= 4 is 18.0 Å². The number of carbonyl (C=O) groups excluding carboxylic acids is 2. The van der Waals surface area contributed by atoms with Gasteiger partial charge in [-0.2, -0.15) is 0 Å². The summed E-state index contributed by atoms with van der Waals surface area (Å²) < 4.78 is 86.9. The number of aliphatic hydroxyl groups excluding tert-OH is 2. The van der Waals surface area contributed by atoms with E-state index in [9.17, 15) is 35.1 Å². The Kier molecular flexibility index (Phi) is 19.1. The van der Waals surface area contributed by atoms with Crippen LogP contribution < -0.4 is 0 Å². The van der Waals surface area contributed by atoms with Gasteiger partial charge >= 0.3 is 11.9 Å². The maximum Gasteiger partial charge on any atom is 0.331 e. The highest BCUT2D eigenvalue weighted by atomic mass is 16.8. The molecule has 21 heteroatoms. The van der Waals surface area contributed by atoms with Crippen LogP contribution in [0.15, 0.2) is 48.1 Å². The van der Waals surface area contributed by atoms with E-state index in [-0.39, 0.29) is 31.8 Å². The van der Waals surface area contributed by atoms with Crippen molar-refractivity contribution < 1.29 is 101 Å². The average Bonchev–Trinajstić information content (AvgIpc) is 3.35. The first-order chi connectivity index (χ1) is 38.4. The molecule has 456 valence electrons. The van der Waals surface area contributed by atoms with Gasteiger partial charge in [0.15, 0.2) is 25.2 Å². The maximum absolute atomic E-state index is 13.8. The van der Waals surface area contributed by atoms with E-state index in [1.165, 1.54) is 20.1 Å². The van der Waals surface area contributed by atoms with Gasteiger partial charge in [-0.05, 0) is 96.6 Å². The van der Waals surface area contributed by atoms with E-state index < -0.39 is 162 Å². The molecule has 26 atom stereocenters. The standard InChI is InChI=1S/C60H90O21/c1-31-49(63)54(71-12)50(64)55(75-31)81-53-34(4)74-48(29-42(53)70-11)80-52-33(3)73-47(28-41(52)69-10)79-51-32(2)72-46(27-40(51)68-9)77-39-21-22-56(7)38(26-39)20-23-59(66)43(56)30-44(78-45(62)19-18-37-16-14-13-15-17-37)57(8)58(65,24-25-60(57,59)67)35(5)76-36(6)61/h13-20,31-35,39-44,46-55,63-67H,21-30H2,1-12H3/b19-18+/t31-,32-,33-,34-,35?,39+,40+,41+,42-,43-,44?,46+,47+,48+,49-,50-,51-,52-,53-,54-,55+,56+,57-,58+,59+,60-/m1/s1. The van der Waals surface area contributed by atoms with Crippen molar-refractivity contribution in [3.8, 4) is 0 Å². The minimum absolute atomic E-state index is 0.00858. The third-order valence-corrected chi connectivity index (χ3v) is 20.2. The molecule has 4 saturated heterocycles. The predicted octanol–water partition coefficient (Wildman–Crippen LogP) is 4.57. The van der Waals surface area contributed by atoms with Crippen LogP contribution in [0, 0.1) is 16.7 Å². The topological polar surface area (TPSA) is 265 Å². The summed E-state index contributed by atoms with van der Waals surface area (Å²) >= 11 is 0. The SMILES string of the molecule is CO[C@H]1[C@@H](O)[C@H](O[C@@H]2[C@@H](C)O[C@@H](O[C@H]3[C@@H](OC)C[C@H](O[C@H]4[C@@H](OC)C[C@H](O[C@H]5CC[C@@]6(C)C(=CC[C@]7(O)[C@@H]6CC(OC(=O)/C=C/c6ccccc6)[C@@]6(C)[C@]7(O)CC[C@]6(O)C(C)OC(C)=O)C5)O[C@@H]4C)O[C@@H]3C)C[C@H]2OC)O[C@H](C)[C@H]1O. The van der Waals surface area contributed by atoms with Crippen molar-refractivity contribution in [1.82, 2.24) is 0 Å². The second-order valence-electron chi connectivity index (χ2n) is 24.5. The molecule has 1 aromatic rings. The first-order valence-electron chi connectivity index (χ1n) is 29.1. The van der Waals surface area contributed by atoms with Gasteiger partial charge in [0, 0.05) is 66.6 Å². The van der Waals surface area contributed by atoms with E-state index in [0.717, 1.165) is 11.1 Å². The van der Waals surface area contributed by atoms with E-state index in [1.54, 1.807) is 48.2 Å². The van der Waals surface area contributed by atoms with Crippen LogP contribution in [0.1, 0.15) is 125 Å². The van der Waals surface area contributed by atoms with Gasteiger partial charge < -0.3 is 91.8 Å². The van der Waals surface area contributed by atoms with Crippen molar-refractivity contribution in [3.63, 3.8) is 0 Å². The first-order valence-corrected chi connectivity index (χ1v) is 29.1. The Bertz CT molecular complexity index is 2380. The number of esters is 2. The lowest BCUT2D eigenvalue weighted by molar-refractivity contribution is -0.356. The smallest absolute Gasteiger partial charge is 0.331 e. The Hall–Kier alpha value is -3.04. The molecule has 81 heavy (non-hydrogen) atoms. The van der Waals surface area contributed by atoms with Gasteiger partial charge in [0.1, 0.15) is 65.6 Å². The van der Waals surface area contributed by atoms with Crippen LogP contribution in [0.4, 0.5) is 0 Å². The number of carbonyl (C=O) groups is 2. The number of rotatable bonds is 17. The van der Waals surface area contributed by atoms with Crippen molar-refractivity contribution in [2.75, 3.05) is 28.4 Å². The Morgan fingerprint density at radius 2 is 1.23 bits per heavy atom. The maximum atomic E-state index is 13.8. The Balaban J connectivity index is 0.821. The molecule has 0 radical (unpaired) electrons. The highest BCUT2D eigenvalue weighted by molar-refractivity contribution is 5.87. The van der Waals surface area contributed by atoms with Crippen LogP contribution >= 0.6 is 0 Å². The van der Waals surface area contributed by atoms with Gasteiger partial charge in [0.2, 0.25) is 0 Å². The molecule has 0 amide bonds. The monoisotopic (exact) mass is 1150 g/mol. The summed E-state index contributed by atoms with van der Waals surface area (Å²) in [5.41, 5.74) is -6.03. The van der Waals surface area contributed by atoms with E-state index in [2.05, 4.69) is 6.92 Å². The molecule has 7 fully saturated rings. The first kappa shape index (κ1) is 62.5. The van der Waals surface area contributed by atoms with Crippen LogP contribution in [-0.2, 0) is 75.9 Å². The normalized spacial score (nSPS) is 47.6. The van der Waals surface area contributed by atoms with E-state index in [0.29, 0.717) is 38.5 Å². The lowest BCUT2D eigenvalue weighted by Gasteiger charge is -2.67. The minimum atomic E-state index is -1.96. The fourth-order valence-corrected chi connectivity index (χ4v) is 15.5. The van der Waals surface area contributed by atoms with Crippen LogP contribution in [0.5, 0.6) is 0 Å². The van der Waals surface area contributed by atoms with Crippen molar-refractivity contribution in [2.45, 2.75) is 259 Å². The van der Waals surface area contributed by atoms with Crippen molar-refractivity contribution in [2.24, 2.45) is 16.7 Å². The predicted molar refractivity (Wildman–Crippen MR) is 287 cm³/mol. The lowest BCUT2D eigenvalue weighted by atomic mass is 9.42. The summed E-state index contributed by atoms with van der Waals surface area (Å²) in [6.07, 6.45) is -6.12. The number of fused-ring (bicyclic) bond motifs is 5. The van der Waals surface area contributed by atoms with E-state index in [1.807, 2.05) is 57.2 Å². The zero-order valence-corrected chi connectivity index (χ0v) is 49.1. The third-order valence-electron chi connectivity index (χ3n) is 20.2. The number of aliphatic hydroxyl groups is 5. The molecule has 4 aliphatic carbocycles.